The molecule has 2 heterocycles. The van der Waals surface area contributed by atoms with Crippen LogP contribution in [0.15, 0.2) is 41.9 Å². The summed E-state index contributed by atoms with van der Waals surface area (Å²) < 4.78 is 0. The molecule has 0 fully saturated rings. The van der Waals surface area contributed by atoms with Gasteiger partial charge in [-0.15, -0.1) is 11.3 Å². The number of aromatic nitrogens is 2. The van der Waals surface area contributed by atoms with Crippen LogP contribution < -0.4 is 5.32 Å². The van der Waals surface area contributed by atoms with Gasteiger partial charge in [0.25, 0.3) is 0 Å². The minimum atomic E-state index is 0.830. The quantitative estimate of drug-likeness (QED) is 0.748. The van der Waals surface area contributed by atoms with E-state index in [0.29, 0.717) is 0 Å². The van der Waals surface area contributed by atoms with E-state index in [0.717, 1.165) is 16.6 Å². The largest absolute Gasteiger partial charge is 0.316 e. The number of hydrogen-bond donors (Lipinski definition) is 1. The molecule has 0 saturated carbocycles. The van der Waals surface area contributed by atoms with Gasteiger partial charge in [-0.3, -0.25) is 0 Å². The zero-order valence-electron chi connectivity index (χ0n) is 12.3. The molecule has 3 aromatic rings. The van der Waals surface area contributed by atoms with E-state index < -0.39 is 0 Å². The highest BCUT2D eigenvalue weighted by Gasteiger charge is 2.08. The highest BCUT2D eigenvalue weighted by Crippen LogP contribution is 2.29. The van der Waals surface area contributed by atoms with Crippen molar-refractivity contribution < 1.29 is 0 Å². The van der Waals surface area contributed by atoms with E-state index >= 15 is 0 Å². The summed E-state index contributed by atoms with van der Waals surface area (Å²) in [5, 5.41) is 6.21. The van der Waals surface area contributed by atoms with Gasteiger partial charge in [-0.25, -0.2) is 9.97 Å². The number of benzene rings is 1. The van der Waals surface area contributed by atoms with Crippen LogP contribution in [0.25, 0.3) is 11.3 Å². The van der Waals surface area contributed by atoms with Gasteiger partial charge in [0.15, 0.2) is 5.13 Å². The highest BCUT2D eigenvalue weighted by atomic mass is 32.1. The number of thiazole rings is 1. The second kappa shape index (κ2) is 5.66. The van der Waals surface area contributed by atoms with Crippen molar-refractivity contribution in [3.8, 4) is 11.3 Å². The third kappa shape index (κ3) is 3.11. The minimum Gasteiger partial charge on any atom is -0.316 e. The van der Waals surface area contributed by atoms with Gasteiger partial charge in [-0.05, 0) is 50.1 Å². The molecule has 0 saturated heterocycles. The molecule has 0 aliphatic rings. The molecule has 0 aliphatic carbocycles. The summed E-state index contributed by atoms with van der Waals surface area (Å²) in [5.74, 6) is 0.830. The lowest BCUT2D eigenvalue weighted by Gasteiger charge is -2.04. The summed E-state index contributed by atoms with van der Waals surface area (Å²) in [4.78, 5) is 8.98. The Labute approximate surface area is 128 Å². The Bertz CT molecular complexity index is 777. The lowest BCUT2D eigenvalue weighted by molar-refractivity contribution is 1.26. The Morgan fingerprint density at radius 2 is 1.81 bits per heavy atom. The molecule has 0 amide bonds. The SMILES string of the molecule is Cc1ccnc(Nc2nc(-c3cc(C)ccc3C)cs2)c1. The highest BCUT2D eigenvalue weighted by molar-refractivity contribution is 7.14. The minimum absolute atomic E-state index is 0.830. The van der Waals surface area contributed by atoms with Gasteiger partial charge in [0.1, 0.15) is 5.82 Å². The molecule has 4 heteroatoms. The fourth-order valence-corrected chi connectivity index (χ4v) is 2.90. The molecular formula is C17H17N3S. The average Bonchev–Trinajstić information content (AvgIpc) is 2.90. The van der Waals surface area contributed by atoms with E-state index in [4.69, 9.17) is 0 Å². The number of nitrogens with zero attached hydrogens (tertiary/aromatic N) is 2. The summed E-state index contributed by atoms with van der Waals surface area (Å²) in [6.07, 6.45) is 1.80. The van der Waals surface area contributed by atoms with E-state index in [1.165, 1.54) is 22.3 Å². The monoisotopic (exact) mass is 295 g/mol. The summed E-state index contributed by atoms with van der Waals surface area (Å²) >= 11 is 1.60. The van der Waals surface area contributed by atoms with Crippen LogP contribution in [-0.2, 0) is 0 Å². The van der Waals surface area contributed by atoms with Gasteiger partial charge in [0.2, 0.25) is 0 Å². The first-order chi connectivity index (χ1) is 10.1. The average molecular weight is 295 g/mol. The van der Waals surface area contributed by atoms with Crippen LogP contribution in [0.4, 0.5) is 10.9 Å². The molecule has 3 nitrogen and oxygen atoms in total. The molecule has 0 spiro atoms. The fraction of sp³-hybridized carbons (Fsp3) is 0.176. The molecule has 1 N–H and O–H groups in total. The first-order valence-corrected chi connectivity index (χ1v) is 7.72. The topological polar surface area (TPSA) is 37.8 Å². The van der Waals surface area contributed by atoms with E-state index in [1.807, 2.05) is 12.1 Å². The molecular weight excluding hydrogens is 278 g/mol. The fourth-order valence-electron chi connectivity index (χ4n) is 2.18. The van der Waals surface area contributed by atoms with Crippen molar-refractivity contribution >= 4 is 22.3 Å². The summed E-state index contributed by atoms with van der Waals surface area (Å²) in [5.41, 5.74) is 5.87. The Hall–Kier alpha value is -2.20. The molecule has 3 rings (SSSR count). The molecule has 0 bridgehead atoms. The maximum atomic E-state index is 4.67. The molecule has 0 aliphatic heterocycles. The third-order valence-electron chi connectivity index (χ3n) is 3.32. The van der Waals surface area contributed by atoms with E-state index in [1.54, 1.807) is 17.5 Å². The second-order valence-corrected chi connectivity index (χ2v) is 6.06. The van der Waals surface area contributed by atoms with Crippen molar-refractivity contribution in [3.63, 3.8) is 0 Å². The van der Waals surface area contributed by atoms with Gasteiger partial charge in [-0.1, -0.05) is 17.7 Å². The first-order valence-electron chi connectivity index (χ1n) is 6.84. The summed E-state index contributed by atoms with van der Waals surface area (Å²) in [7, 11) is 0. The molecule has 0 unspecified atom stereocenters. The molecule has 0 radical (unpaired) electrons. The maximum absolute atomic E-state index is 4.67. The Kier molecular flexibility index (Phi) is 3.71. The maximum Gasteiger partial charge on any atom is 0.188 e. The van der Waals surface area contributed by atoms with Gasteiger partial charge >= 0.3 is 0 Å². The second-order valence-electron chi connectivity index (χ2n) is 5.20. The van der Waals surface area contributed by atoms with Gasteiger partial charge < -0.3 is 5.32 Å². The van der Waals surface area contributed by atoms with Crippen molar-refractivity contribution in [2.75, 3.05) is 5.32 Å². The standard InChI is InChI=1S/C17H17N3S/c1-11-4-5-13(3)14(8-11)15-10-21-17(19-15)20-16-9-12(2)6-7-18-16/h4-10H,1-3H3,(H,18,19,20). The number of nitrogens with one attached hydrogen (secondary N) is 1. The lowest BCUT2D eigenvalue weighted by atomic mass is 10.0. The van der Waals surface area contributed by atoms with E-state index in [-0.39, 0.29) is 0 Å². The van der Waals surface area contributed by atoms with E-state index in [2.05, 4.69) is 59.6 Å². The van der Waals surface area contributed by atoms with Crippen LogP contribution in [0.1, 0.15) is 16.7 Å². The van der Waals surface area contributed by atoms with Crippen molar-refractivity contribution in [2.45, 2.75) is 20.8 Å². The van der Waals surface area contributed by atoms with Crippen molar-refractivity contribution in [1.29, 1.82) is 0 Å². The van der Waals surface area contributed by atoms with Crippen LogP contribution >= 0.6 is 11.3 Å². The van der Waals surface area contributed by atoms with Crippen molar-refractivity contribution in [1.82, 2.24) is 9.97 Å². The zero-order valence-corrected chi connectivity index (χ0v) is 13.2. The number of anilines is 2. The van der Waals surface area contributed by atoms with Crippen molar-refractivity contribution in [3.05, 3.63) is 58.6 Å². The summed E-state index contributed by atoms with van der Waals surface area (Å²) in [6.45, 7) is 6.27. The molecule has 21 heavy (non-hydrogen) atoms. The smallest absolute Gasteiger partial charge is 0.188 e. The molecule has 0 atom stereocenters. The van der Waals surface area contributed by atoms with Gasteiger partial charge in [-0.2, -0.15) is 0 Å². The van der Waals surface area contributed by atoms with Gasteiger partial charge in [0.05, 0.1) is 5.69 Å². The number of hydrogen-bond acceptors (Lipinski definition) is 4. The number of pyridine rings is 1. The van der Waals surface area contributed by atoms with Gasteiger partial charge in [0, 0.05) is 17.1 Å². The lowest BCUT2D eigenvalue weighted by Crippen LogP contribution is -1.93. The van der Waals surface area contributed by atoms with Crippen LogP contribution in [0, 0.1) is 20.8 Å². The first kappa shape index (κ1) is 13.8. The van der Waals surface area contributed by atoms with Crippen LogP contribution in [0.5, 0.6) is 0 Å². The number of aryl methyl sites for hydroxylation is 3. The normalized spacial score (nSPS) is 10.6. The molecule has 2 aromatic heterocycles. The predicted molar refractivity (Wildman–Crippen MR) is 89.3 cm³/mol. The summed E-state index contributed by atoms with van der Waals surface area (Å²) in [6, 6.07) is 10.4. The van der Waals surface area contributed by atoms with Crippen LogP contribution in [0.3, 0.4) is 0 Å². The van der Waals surface area contributed by atoms with Crippen LogP contribution in [0.2, 0.25) is 0 Å². The van der Waals surface area contributed by atoms with Crippen molar-refractivity contribution in [2.24, 2.45) is 0 Å². The van der Waals surface area contributed by atoms with E-state index in [9.17, 15) is 0 Å². The Morgan fingerprint density at radius 1 is 1.00 bits per heavy atom. The van der Waals surface area contributed by atoms with Crippen LogP contribution in [-0.4, -0.2) is 9.97 Å². The third-order valence-corrected chi connectivity index (χ3v) is 4.08. The Morgan fingerprint density at radius 3 is 2.62 bits per heavy atom. The Balaban J connectivity index is 1.88. The number of rotatable bonds is 3. The molecule has 1 aromatic carbocycles. The predicted octanol–water partition coefficient (Wildman–Crippen LogP) is 4.87. The molecule has 106 valence electrons. The zero-order chi connectivity index (χ0) is 14.8.